The molecule has 1 atom stereocenters. The zero-order chi connectivity index (χ0) is 16.3. The van der Waals surface area contributed by atoms with Gasteiger partial charge in [0, 0.05) is 0 Å². The minimum atomic E-state index is -3.46. The number of para-hydroxylation sites is 1. The lowest BCUT2D eigenvalue weighted by Gasteiger charge is -2.14. The quantitative estimate of drug-likeness (QED) is 0.885. The SMILES string of the molecule is Cc1ccc(C(C)NC(=O)c2ccccc2NS(C)(=O)=O)o1. The predicted molar refractivity (Wildman–Crippen MR) is 84.2 cm³/mol. The molecule has 2 rings (SSSR count). The molecule has 1 aromatic heterocycles. The highest BCUT2D eigenvalue weighted by atomic mass is 32.2. The Kier molecular flexibility index (Phi) is 4.56. The maximum absolute atomic E-state index is 12.4. The Morgan fingerprint density at radius 3 is 2.45 bits per heavy atom. The number of sulfonamides is 1. The summed E-state index contributed by atoms with van der Waals surface area (Å²) in [4.78, 5) is 12.4. The molecule has 0 aliphatic rings. The highest BCUT2D eigenvalue weighted by Gasteiger charge is 2.17. The first-order chi connectivity index (χ1) is 10.3. The Morgan fingerprint density at radius 1 is 1.18 bits per heavy atom. The van der Waals surface area contributed by atoms with Crippen LogP contribution in [-0.2, 0) is 10.0 Å². The van der Waals surface area contributed by atoms with Gasteiger partial charge in [-0.25, -0.2) is 8.42 Å². The third-order valence-electron chi connectivity index (χ3n) is 3.00. The second kappa shape index (κ2) is 6.23. The van der Waals surface area contributed by atoms with Crippen LogP contribution in [0.1, 0.15) is 34.8 Å². The molecule has 0 fully saturated rings. The Balaban J connectivity index is 2.19. The third-order valence-corrected chi connectivity index (χ3v) is 3.59. The average molecular weight is 322 g/mol. The number of anilines is 1. The van der Waals surface area contributed by atoms with Crippen LogP contribution in [-0.4, -0.2) is 20.6 Å². The molecule has 22 heavy (non-hydrogen) atoms. The third kappa shape index (κ3) is 4.11. The van der Waals surface area contributed by atoms with E-state index in [4.69, 9.17) is 4.42 Å². The van der Waals surface area contributed by atoms with Crippen LogP contribution < -0.4 is 10.0 Å². The highest BCUT2D eigenvalue weighted by molar-refractivity contribution is 7.92. The molecule has 1 amide bonds. The van der Waals surface area contributed by atoms with Crippen LogP contribution in [0, 0.1) is 6.92 Å². The first kappa shape index (κ1) is 16.1. The van der Waals surface area contributed by atoms with Crippen molar-refractivity contribution in [1.29, 1.82) is 0 Å². The summed E-state index contributed by atoms with van der Waals surface area (Å²) in [5, 5.41) is 2.78. The monoisotopic (exact) mass is 322 g/mol. The molecular weight excluding hydrogens is 304 g/mol. The van der Waals surface area contributed by atoms with Crippen LogP contribution in [0.5, 0.6) is 0 Å². The van der Waals surface area contributed by atoms with Gasteiger partial charge in [-0.1, -0.05) is 12.1 Å². The van der Waals surface area contributed by atoms with E-state index in [1.807, 2.05) is 13.0 Å². The summed E-state index contributed by atoms with van der Waals surface area (Å²) in [7, 11) is -3.46. The fourth-order valence-corrected chi connectivity index (χ4v) is 2.58. The van der Waals surface area contributed by atoms with Crippen LogP contribution in [0.3, 0.4) is 0 Å². The zero-order valence-corrected chi connectivity index (χ0v) is 13.4. The molecule has 0 radical (unpaired) electrons. The molecule has 2 N–H and O–H groups in total. The summed E-state index contributed by atoms with van der Waals surface area (Å²) < 4.78 is 30.5. The number of benzene rings is 1. The lowest BCUT2D eigenvalue weighted by Crippen LogP contribution is -2.27. The van der Waals surface area contributed by atoms with Crippen LogP contribution in [0.25, 0.3) is 0 Å². The average Bonchev–Trinajstić information content (AvgIpc) is 2.84. The number of carbonyl (C=O) groups is 1. The number of hydrogen-bond donors (Lipinski definition) is 2. The molecule has 0 spiro atoms. The van der Waals surface area contributed by atoms with E-state index in [1.165, 1.54) is 6.07 Å². The number of hydrogen-bond acceptors (Lipinski definition) is 4. The maximum Gasteiger partial charge on any atom is 0.253 e. The van der Waals surface area contributed by atoms with Crippen molar-refractivity contribution in [2.75, 3.05) is 11.0 Å². The summed E-state index contributed by atoms with van der Waals surface area (Å²) in [6.07, 6.45) is 1.04. The molecule has 0 aliphatic heterocycles. The van der Waals surface area contributed by atoms with Crippen molar-refractivity contribution in [3.63, 3.8) is 0 Å². The summed E-state index contributed by atoms with van der Waals surface area (Å²) >= 11 is 0. The Bertz CT molecular complexity index is 780. The molecule has 2 aromatic rings. The molecule has 0 bridgehead atoms. The first-order valence-electron chi connectivity index (χ1n) is 6.70. The second-order valence-electron chi connectivity index (χ2n) is 5.06. The molecule has 1 unspecified atom stereocenters. The molecule has 7 heteroatoms. The van der Waals surface area contributed by atoms with Gasteiger partial charge in [-0.15, -0.1) is 0 Å². The van der Waals surface area contributed by atoms with Crippen molar-refractivity contribution < 1.29 is 17.6 Å². The van der Waals surface area contributed by atoms with Crippen molar-refractivity contribution in [3.05, 3.63) is 53.5 Å². The van der Waals surface area contributed by atoms with Crippen molar-refractivity contribution in [3.8, 4) is 0 Å². The van der Waals surface area contributed by atoms with Gasteiger partial charge in [0.2, 0.25) is 10.0 Å². The Hall–Kier alpha value is -2.28. The van der Waals surface area contributed by atoms with E-state index >= 15 is 0 Å². The zero-order valence-electron chi connectivity index (χ0n) is 12.6. The van der Waals surface area contributed by atoms with Gasteiger partial charge in [-0.2, -0.15) is 0 Å². The van der Waals surface area contributed by atoms with E-state index in [0.29, 0.717) is 5.76 Å². The number of amides is 1. The maximum atomic E-state index is 12.4. The molecule has 118 valence electrons. The lowest BCUT2D eigenvalue weighted by molar-refractivity contribution is 0.0936. The summed E-state index contributed by atoms with van der Waals surface area (Å²) in [6, 6.07) is 9.71. The smallest absolute Gasteiger partial charge is 0.253 e. The van der Waals surface area contributed by atoms with Gasteiger partial charge in [0.15, 0.2) is 0 Å². The lowest BCUT2D eigenvalue weighted by atomic mass is 10.1. The van der Waals surface area contributed by atoms with Crippen LogP contribution in [0.4, 0.5) is 5.69 Å². The minimum Gasteiger partial charge on any atom is -0.464 e. The molecule has 0 saturated heterocycles. The van der Waals surface area contributed by atoms with Crippen LogP contribution >= 0.6 is 0 Å². The second-order valence-corrected chi connectivity index (χ2v) is 6.81. The minimum absolute atomic E-state index is 0.241. The summed E-state index contributed by atoms with van der Waals surface area (Å²) in [5.74, 6) is 1.02. The van der Waals surface area contributed by atoms with Crippen molar-refractivity contribution in [2.24, 2.45) is 0 Å². The standard InChI is InChI=1S/C15H18N2O4S/c1-10-8-9-14(21-10)11(2)16-15(18)12-6-4-5-7-13(12)17-22(3,19)20/h4-9,11,17H,1-3H3,(H,16,18). The van der Waals surface area contributed by atoms with E-state index < -0.39 is 10.0 Å². The highest BCUT2D eigenvalue weighted by Crippen LogP contribution is 2.19. The van der Waals surface area contributed by atoms with Gasteiger partial charge < -0.3 is 9.73 Å². The normalized spacial score (nSPS) is 12.7. The van der Waals surface area contributed by atoms with Crippen molar-refractivity contribution in [1.82, 2.24) is 5.32 Å². The number of carbonyl (C=O) groups excluding carboxylic acids is 1. The van der Waals surface area contributed by atoms with E-state index in [-0.39, 0.29) is 23.2 Å². The summed E-state index contributed by atoms with van der Waals surface area (Å²) in [6.45, 7) is 3.62. The number of nitrogens with one attached hydrogen (secondary N) is 2. The van der Waals surface area contributed by atoms with Gasteiger partial charge in [-0.05, 0) is 38.1 Å². The number of rotatable bonds is 5. The number of aryl methyl sites for hydroxylation is 1. The Morgan fingerprint density at radius 2 is 1.86 bits per heavy atom. The van der Waals surface area contributed by atoms with Crippen LogP contribution in [0.15, 0.2) is 40.8 Å². The van der Waals surface area contributed by atoms with E-state index in [0.717, 1.165) is 12.0 Å². The molecule has 0 saturated carbocycles. The molecule has 1 aromatic carbocycles. The number of furan rings is 1. The topological polar surface area (TPSA) is 88.4 Å². The molecular formula is C15H18N2O4S. The fourth-order valence-electron chi connectivity index (χ4n) is 2.00. The predicted octanol–water partition coefficient (Wildman–Crippen LogP) is 2.45. The van der Waals surface area contributed by atoms with E-state index in [9.17, 15) is 13.2 Å². The van der Waals surface area contributed by atoms with Gasteiger partial charge in [0.25, 0.3) is 5.91 Å². The van der Waals surface area contributed by atoms with E-state index in [2.05, 4.69) is 10.0 Å². The molecule has 6 nitrogen and oxygen atoms in total. The van der Waals surface area contributed by atoms with Gasteiger partial charge in [0.1, 0.15) is 11.5 Å². The first-order valence-corrected chi connectivity index (χ1v) is 8.59. The van der Waals surface area contributed by atoms with Gasteiger partial charge >= 0.3 is 0 Å². The fraction of sp³-hybridized carbons (Fsp3) is 0.267. The largest absolute Gasteiger partial charge is 0.464 e. The summed E-state index contributed by atoms with van der Waals surface area (Å²) in [5.41, 5.74) is 0.494. The molecule has 0 aliphatic carbocycles. The molecule has 1 heterocycles. The van der Waals surface area contributed by atoms with Crippen molar-refractivity contribution >= 4 is 21.6 Å². The van der Waals surface area contributed by atoms with E-state index in [1.54, 1.807) is 31.2 Å². The van der Waals surface area contributed by atoms with Crippen molar-refractivity contribution in [2.45, 2.75) is 19.9 Å². The van der Waals surface area contributed by atoms with Crippen LogP contribution in [0.2, 0.25) is 0 Å². The Labute approximate surface area is 129 Å². The van der Waals surface area contributed by atoms with Gasteiger partial charge in [0.05, 0.1) is 23.5 Å². The van der Waals surface area contributed by atoms with Gasteiger partial charge in [-0.3, -0.25) is 9.52 Å².